The smallest absolute Gasteiger partial charge is 0.205 e. The number of rotatable bonds is 7. The Balaban J connectivity index is 1.38. The first-order valence-electron chi connectivity index (χ1n) is 12.6. The molecule has 1 aliphatic rings. The monoisotopic (exact) mass is 470 g/mol. The quantitative estimate of drug-likeness (QED) is 0.397. The second-order valence-electron chi connectivity index (χ2n) is 10.1. The molecule has 5 rings (SSSR count). The van der Waals surface area contributed by atoms with Crippen LogP contribution in [0.25, 0.3) is 22.5 Å². The summed E-state index contributed by atoms with van der Waals surface area (Å²) in [6, 6.07) is 17.1. The van der Waals surface area contributed by atoms with Crippen molar-refractivity contribution in [1.82, 2.24) is 35.4 Å². The lowest BCUT2D eigenvalue weighted by Crippen LogP contribution is -2.30. The van der Waals surface area contributed by atoms with E-state index in [-0.39, 0.29) is 6.04 Å². The molecule has 0 bridgehead atoms. The number of benzene rings is 2. The highest BCUT2D eigenvalue weighted by Crippen LogP contribution is 2.37. The van der Waals surface area contributed by atoms with E-state index in [2.05, 4.69) is 76.4 Å². The molecule has 1 saturated carbocycles. The van der Waals surface area contributed by atoms with Crippen LogP contribution in [0.5, 0.6) is 0 Å². The molecule has 182 valence electrons. The van der Waals surface area contributed by atoms with Crippen LogP contribution in [-0.4, -0.2) is 41.4 Å². The van der Waals surface area contributed by atoms with E-state index in [1.54, 1.807) is 0 Å². The van der Waals surface area contributed by atoms with Crippen LogP contribution in [0.1, 0.15) is 75.5 Å². The maximum Gasteiger partial charge on any atom is 0.205 e. The molecule has 2 aromatic carbocycles. The largest absolute Gasteiger partial charge is 0.328 e. The van der Waals surface area contributed by atoms with Gasteiger partial charge in [-0.25, -0.2) is 9.67 Å². The predicted octanol–water partition coefficient (Wildman–Crippen LogP) is 4.92. The van der Waals surface area contributed by atoms with Crippen molar-refractivity contribution >= 4 is 0 Å². The van der Waals surface area contributed by atoms with E-state index >= 15 is 0 Å². The van der Waals surface area contributed by atoms with E-state index in [0.29, 0.717) is 23.6 Å². The number of tetrazole rings is 1. The molecule has 1 unspecified atom stereocenters. The van der Waals surface area contributed by atoms with Gasteiger partial charge in [-0.15, -0.1) is 10.2 Å². The van der Waals surface area contributed by atoms with Crippen molar-refractivity contribution in [2.45, 2.75) is 70.9 Å². The summed E-state index contributed by atoms with van der Waals surface area (Å²) in [6.07, 6.45) is 4.60. The second kappa shape index (κ2) is 10.1. The van der Waals surface area contributed by atoms with Crippen molar-refractivity contribution in [1.29, 1.82) is 0 Å². The van der Waals surface area contributed by atoms with Gasteiger partial charge in [0.2, 0.25) is 5.82 Å². The van der Waals surface area contributed by atoms with Crippen LogP contribution in [0.15, 0.2) is 48.5 Å². The maximum atomic E-state index is 6.17. The standard InChI is InChI=1S/C27H34N8/c1-17(2)25-29-27(22-14-12-20(13-15-22)18(3)28)35(32-25)16-19-8-10-21(11-9-19)23-6-4-5-7-24(23)26-30-33-34-31-26/h4-11,17-18,20,22H,12-16,28H2,1-3H3,(H,30,31,33,34). The van der Waals surface area contributed by atoms with E-state index in [1.165, 1.54) is 18.4 Å². The van der Waals surface area contributed by atoms with Crippen LogP contribution < -0.4 is 5.73 Å². The van der Waals surface area contributed by atoms with E-state index < -0.39 is 0 Å². The van der Waals surface area contributed by atoms with Gasteiger partial charge in [0.05, 0.1) is 6.54 Å². The van der Waals surface area contributed by atoms with Gasteiger partial charge in [0.15, 0.2) is 5.82 Å². The molecular formula is C27H34N8. The molecule has 0 spiro atoms. The van der Waals surface area contributed by atoms with Gasteiger partial charge in [-0.1, -0.05) is 62.4 Å². The summed E-state index contributed by atoms with van der Waals surface area (Å²) < 4.78 is 2.13. The zero-order valence-corrected chi connectivity index (χ0v) is 20.7. The molecule has 4 aromatic rings. The molecule has 1 fully saturated rings. The van der Waals surface area contributed by atoms with Crippen molar-refractivity contribution < 1.29 is 0 Å². The van der Waals surface area contributed by atoms with Gasteiger partial charge in [0.1, 0.15) is 5.82 Å². The first-order valence-corrected chi connectivity index (χ1v) is 12.6. The molecule has 1 atom stereocenters. The average Bonchev–Trinajstić information content (AvgIpc) is 3.55. The van der Waals surface area contributed by atoms with Gasteiger partial charge in [0, 0.05) is 23.4 Å². The molecule has 0 amide bonds. The number of aromatic amines is 1. The number of nitrogens with one attached hydrogen (secondary N) is 1. The number of hydrogen-bond donors (Lipinski definition) is 2. The molecule has 2 heterocycles. The molecular weight excluding hydrogens is 436 g/mol. The zero-order valence-electron chi connectivity index (χ0n) is 20.7. The van der Waals surface area contributed by atoms with Gasteiger partial charge in [-0.3, -0.25) is 0 Å². The van der Waals surface area contributed by atoms with Crippen molar-refractivity contribution in [3.05, 3.63) is 65.7 Å². The van der Waals surface area contributed by atoms with E-state index in [1.807, 2.05) is 18.2 Å². The number of hydrogen-bond acceptors (Lipinski definition) is 6. The summed E-state index contributed by atoms with van der Waals surface area (Å²) in [6.45, 7) is 7.17. The fourth-order valence-electron chi connectivity index (χ4n) is 5.11. The molecule has 8 nitrogen and oxygen atoms in total. The minimum absolute atomic E-state index is 0.267. The van der Waals surface area contributed by atoms with Crippen molar-refractivity contribution in [3.63, 3.8) is 0 Å². The first-order chi connectivity index (χ1) is 17.0. The Bertz CT molecular complexity index is 1230. The summed E-state index contributed by atoms with van der Waals surface area (Å²) in [7, 11) is 0. The lowest BCUT2D eigenvalue weighted by atomic mass is 9.79. The lowest BCUT2D eigenvalue weighted by molar-refractivity contribution is 0.282. The molecule has 8 heteroatoms. The molecule has 1 aliphatic carbocycles. The van der Waals surface area contributed by atoms with E-state index in [0.717, 1.165) is 47.7 Å². The van der Waals surface area contributed by atoms with Gasteiger partial charge in [-0.05, 0) is 60.4 Å². The van der Waals surface area contributed by atoms with Crippen LogP contribution in [0.3, 0.4) is 0 Å². The predicted molar refractivity (Wildman–Crippen MR) is 137 cm³/mol. The van der Waals surface area contributed by atoms with E-state index in [4.69, 9.17) is 15.8 Å². The maximum absolute atomic E-state index is 6.17. The number of nitrogens with zero attached hydrogens (tertiary/aromatic N) is 6. The molecule has 2 aromatic heterocycles. The van der Waals surface area contributed by atoms with Crippen LogP contribution in [0, 0.1) is 5.92 Å². The number of H-pyrrole nitrogens is 1. The fraction of sp³-hybridized carbons (Fsp3) is 0.444. The Morgan fingerprint density at radius 2 is 1.69 bits per heavy atom. The third-order valence-corrected chi connectivity index (χ3v) is 7.22. The minimum Gasteiger partial charge on any atom is -0.328 e. The van der Waals surface area contributed by atoms with Crippen molar-refractivity contribution in [2.75, 3.05) is 0 Å². The Morgan fingerprint density at radius 1 is 0.971 bits per heavy atom. The van der Waals surface area contributed by atoms with Gasteiger partial charge < -0.3 is 5.73 Å². The third kappa shape index (κ3) is 5.03. The summed E-state index contributed by atoms with van der Waals surface area (Å²) in [4.78, 5) is 5.00. The third-order valence-electron chi connectivity index (χ3n) is 7.22. The second-order valence-corrected chi connectivity index (χ2v) is 10.1. The lowest BCUT2D eigenvalue weighted by Gasteiger charge is -2.30. The summed E-state index contributed by atoms with van der Waals surface area (Å²) in [5.74, 6) is 4.03. The van der Waals surface area contributed by atoms with Gasteiger partial charge >= 0.3 is 0 Å². The zero-order chi connectivity index (χ0) is 24.4. The highest BCUT2D eigenvalue weighted by atomic mass is 15.5. The highest BCUT2D eigenvalue weighted by Gasteiger charge is 2.28. The van der Waals surface area contributed by atoms with Crippen LogP contribution in [0.4, 0.5) is 0 Å². The van der Waals surface area contributed by atoms with Crippen molar-refractivity contribution in [2.24, 2.45) is 11.7 Å². The Kier molecular flexibility index (Phi) is 6.72. The summed E-state index contributed by atoms with van der Waals surface area (Å²) in [5.41, 5.74) is 10.5. The fourth-order valence-corrected chi connectivity index (χ4v) is 5.11. The number of aromatic nitrogens is 7. The molecule has 35 heavy (non-hydrogen) atoms. The van der Waals surface area contributed by atoms with Crippen LogP contribution >= 0.6 is 0 Å². The first kappa shape index (κ1) is 23.4. The molecule has 0 saturated heterocycles. The average molecular weight is 471 g/mol. The van der Waals surface area contributed by atoms with Gasteiger partial charge in [0.25, 0.3) is 0 Å². The normalized spacial score (nSPS) is 19.2. The Hall–Kier alpha value is -3.39. The molecule has 0 aliphatic heterocycles. The minimum atomic E-state index is 0.267. The molecule has 0 radical (unpaired) electrons. The molecule has 3 N–H and O–H groups in total. The topological polar surface area (TPSA) is 111 Å². The summed E-state index contributed by atoms with van der Waals surface area (Å²) >= 11 is 0. The SMILES string of the molecule is CC(C)c1nc(C2CCC(C(C)N)CC2)n(Cc2ccc(-c3ccccc3-c3nn[nH]n3)cc2)n1. The highest BCUT2D eigenvalue weighted by molar-refractivity contribution is 5.80. The van der Waals surface area contributed by atoms with Crippen LogP contribution in [0.2, 0.25) is 0 Å². The van der Waals surface area contributed by atoms with E-state index in [9.17, 15) is 0 Å². The Labute approximate surface area is 206 Å². The van der Waals surface area contributed by atoms with Crippen LogP contribution in [-0.2, 0) is 6.54 Å². The van der Waals surface area contributed by atoms with Gasteiger partial charge in [-0.2, -0.15) is 10.3 Å². The summed E-state index contributed by atoms with van der Waals surface area (Å²) in [5, 5.41) is 19.5. The number of nitrogens with two attached hydrogens (primary N) is 1. The van der Waals surface area contributed by atoms with Crippen molar-refractivity contribution in [3.8, 4) is 22.5 Å². The Morgan fingerprint density at radius 3 is 2.31 bits per heavy atom.